The number of carboxylic acid groups (broad SMARTS) is 1. The minimum Gasteiger partial charge on any atom is -0.495 e. The second-order valence-electron chi connectivity index (χ2n) is 5.32. The number of para-hydroxylation sites is 1. The Bertz CT molecular complexity index is 492. The molecule has 2 unspecified atom stereocenters. The van der Waals surface area contributed by atoms with Crippen LogP contribution in [0.5, 0.6) is 5.75 Å². The van der Waals surface area contributed by atoms with Crippen molar-refractivity contribution in [3.8, 4) is 5.75 Å². The van der Waals surface area contributed by atoms with E-state index in [0.717, 1.165) is 28.6 Å². The van der Waals surface area contributed by atoms with Crippen LogP contribution < -0.4 is 4.74 Å². The Hall–Kier alpha value is -1.07. The average molecular weight is 342 g/mol. The van der Waals surface area contributed by atoms with Gasteiger partial charge in [-0.15, -0.1) is 0 Å². The number of piperidine rings is 1. The van der Waals surface area contributed by atoms with Crippen LogP contribution >= 0.6 is 15.9 Å². The van der Waals surface area contributed by atoms with Crippen LogP contribution in [-0.4, -0.2) is 35.7 Å². The van der Waals surface area contributed by atoms with Gasteiger partial charge < -0.3 is 9.84 Å². The van der Waals surface area contributed by atoms with E-state index in [4.69, 9.17) is 4.74 Å². The molecule has 0 amide bonds. The largest absolute Gasteiger partial charge is 0.495 e. The van der Waals surface area contributed by atoms with Gasteiger partial charge in [0.2, 0.25) is 0 Å². The lowest BCUT2D eigenvalue weighted by molar-refractivity contribution is -0.144. The molecule has 0 spiro atoms. The lowest BCUT2D eigenvalue weighted by atomic mass is 9.93. The molecule has 1 saturated heterocycles. The van der Waals surface area contributed by atoms with Crippen molar-refractivity contribution in [1.29, 1.82) is 0 Å². The summed E-state index contributed by atoms with van der Waals surface area (Å²) < 4.78 is 6.37. The Morgan fingerprint density at radius 2 is 2.25 bits per heavy atom. The summed E-state index contributed by atoms with van der Waals surface area (Å²) in [4.78, 5) is 13.4. The molecule has 1 aliphatic heterocycles. The quantitative estimate of drug-likeness (QED) is 0.913. The van der Waals surface area contributed by atoms with Gasteiger partial charge in [0.25, 0.3) is 0 Å². The summed E-state index contributed by atoms with van der Waals surface area (Å²) in [5.41, 5.74) is 1.08. The Labute approximate surface area is 127 Å². The first kappa shape index (κ1) is 15.3. The third-order valence-corrected chi connectivity index (χ3v) is 4.61. The van der Waals surface area contributed by atoms with Gasteiger partial charge in [0.05, 0.1) is 17.5 Å². The monoisotopic (exact) mass is 341 g/mol. The van der Waals surface area contributed by atoms with Crippen molar-refractivity contribution in [3.63, 3.8) is 0 Å². The molecule has 110 valence electrons. The minimum atomic E-state index is -0.692. The van der Waals surface area contributed by atoms with Gasteiger partial charge in [-0.05, 0) is 41.8 Å². The molecule has 20 heavy (non-hydrogen) atoms. The van der Waals surface area contributed by atoms with Crippen LogP contribution in [0.4, 0.5) is 0 Å². The summed E-state index contributed by atoms with van der Waals surface area (Å²) in [6.45, 7) is 3.47. The van der Waals surface area contributed by atoms with Gasteiger partial charge in [0.15, 0.2) is 0 Å². The van der Waals surface area contributed by atoms with Crippen molar-refractivity contribution in [3.05, 3.63) is 28.2 Å². The van der Waals surface area contributed by atoms with Crippen molar-refractivity contribution in [2.75, 3.05) is 13.7 Å². The number of carboxylic acids is 1. The van der Waals surface area contributed by atoms with E-state index in [1.165, 1.54) is 0 Å². The van der Waals surface area contributed by atoms with Crippen LogP contribution in [-0.2, 0) is 11.3 Å². The third-order valence-electron chi connectivity index (χ3n) is 3.99. The number of rotatable bonds is 4. The molecule has 0 aromatic heterocycles. The van der Waals surface area contributed by atoms with Crippen LogP contribution in [0.2, 0.25) is 0 Å². The van der Waals surface area contributed by atoms with E-state index >= 15 is 0 Å². The van der Waals surface area contributed by atoms with Gasteiger partial charge in [0.1, 0.15) is 5.75 Å². The summed E-state index contributed by atoms with van der Waals surface area (Å²) in [6, 6.07) is 6.35. The first-order valence-electron chi connectivity index (χ1n) is 6.81. The van der Waals surface area contributed by atoms with Crippen LogP contribution in [0, 0.1) is 5.92 Å². The average Bonchev–Trinajstić information content (AvgIpc) is 2.41. The number of benzene rings is 1. The maximum absolute atomic E-state index is 11.2. The molecule has 1 N–H and O–H groups in total. The number of ether oxygens (including phenoxy) is 1. The molecule has 0 saturated carbocycles. The molecule has 2 rings (SSSR count). The van der Waals surface area contributed by atoms with E-state index in [1.807, 2.05) is 18.2 Å². The molecule has 1 aliphatic rings. The molecule has 1 fully saturated rings. The number of methoxy groups -OCH3 is 1. The smallest absolute Gasteiger partial charge is 0.307 e. The van der Waals surface area contributed by atoms with Gasteiger partial charge in [-0.1, -0.05) is 12.1 Å². The normalized spacial score (nSPS) is 23.6. The predicted molar refractivity (Wildman–Crippen MR) is 80.9 cm³/mol. The summed E-state index contributed by atoms with van der Waals surface area (Å²) in [5.74, 6) is -0.121. The maximum Gasteiger partial charge on any atom is 0.307 e. The zero-order chi connectivity index (χ0) is 14.7. The summed E-state index contributed by atoms with van der Waals surface area (Å²) in [7, 11) is 1.66. The Morgan fingerprint density at radius 3 is 2.90 bits per heavy atom. The molecular weight excluding hydrogens is 322 g/mol. The number of nitrogens with zero attached hydrogens (tertiary/aromatic N) is 1. The molecule has 0 radical (unpaired) electrons. The summed E-state index contributed by atoms with van der Waals surface area (Å²) >= 11 is 3.48. The van der Waals surface area contributed by atoms with Gasteiger partial charge >= 0.3 is 5.97 Å². The highest BCUT2D eigenvalue weighted by Gasteiger charge is 2.30. The lowest BCUT2D eigenvalue weighted by Gasteiger charge is -2.36. The number of aliphatic carboxylic acids is 1. The van der Waals surface area contributed by atoms with Crippen molar-refractivity contribution in [2.45, 2.75) is 32.4 Å². The van der Waals surface area contributed by atoms with E-state index in [-0.39, 0.29) is 5.92 Å². The molecule has 5 heteroatoms. The maximum atomic E-state index is 11.2. The third kappa shape index (κ3) is 3.33. The second-order valence-corrected chi connectivity index (χ2v) is 6.18. The molecule has 1 heterocycles. The number of carbonyl (C=O) groups is 1. The highest BCUT2D eigenvalue weighted by molar-refractivity contribution is 9.10. The number of halogens is 1. The van der Waals surface area contributed by atoms with Crippen molar-refractivity contribution in [2.24, 2.45) is 5.92 Å². The predicted octanol–water partition coefficient (Wildman–Crippen LogP) is 3.14. The van der Waals surface area contributed by atoms with E-state index in [0.29, 0.717) is 19.1 Å². The molecule has 0 bridgehead atoms. The number of likely N-dealkylation sites (tertiary alicyclic amines) is 1. The van der Waals surface area contributed by atoms with E-state index in [2.05, 4.69) is 27.8 Å². The first-order chi connectivity index (χ1) is 9.52. The van der Waals surface area contributed by atoms with Crippen LogP contribution in [0.1, 0.15) is 25.3 Å². The van der Waals surface area contributed by atoms with Crippen molar-refractivity contribution in [1.82, 2.24) is 4.90 Å². The zero-order valence-electron chi connectivity index (χ0n) is 11.8. The molecular formula is C15H20BrNO3. The summed E-state index contributed by atoms with van der Waals surface area (Å²) in [6.07, 6.45) is 1.69. The van der Waals surface area contributed by atoms with E-state index < -0.39 is 5.97 Å². The number of hydrogen-bond donors (Lipinski definition) is 1. The van der Waals surface area contributed by atoms with Gasteiger partial charge in [-0.25, -0.2) is 0 Å². The van der Waals surface area contributed by atoms with Gasteiger partial charge in [-0.2, -0.15) is 0 Å². The Kier molecular flexibility index (Phi) is 5.05. The lowest BCUT2D eigenvalue weighted by Crippen LogP contribution is -2.43. The fourth-order valence-corrected chi connectivity index (χ4v) is 3.30. The number of hydrogen-bond acceptors (Lipinski definition) is 3. The molecule has 2 atom stereocenters. The van der Waals surface area contributed by atoms with Gasteiger partial charge in [0, 0.05) is 24.7 Å². The van der Waals surface area contributed by atoms with E-state index in [9.17, 15) is 9.90 Å². The first-order valence-corrected chi connectivity index (χ1v) is 7.60. The minimum absolute atomic E-state index is 0.260. The van der Waals surface area contributed by atoms with Crippen LogP contribution in [0.15, 0.2) is 22.7 Å². The Morgan fingerprint density at radius 1 is 1.50 bits per heavy atom. The second kappa shape index (κ2) is 6.59. The zero-order valence-corrected chi connectivity index (χ0v) is 13.4. The van der Waals surface area contributed by atoms with Crippen LogP contribution in [0.3, 0.4) is 0 Å². The van der Waals surface area contributed by atoms with Crippen LogP contribution in [0.25, 0.3) is 0 Å². The highest BCUT2D eigenvalue weighted by Crippen LogP contribution is 2.31. The van der Waals surface area contributed by atoms with Crippen molar-refractivity contribution < 1.29 is 14.6 Å². The molecule has 1 aromatic rings. The van der Waals surface area contributed by atoms with Gasteiger partial charge in [-0.3, -0.25) is 9.69 Å². The molecule has 0 aliphatic carbocycles. The topological polar surface area (TPSA) is 49.8 Å². The SMILES string of the molecule is COc1c(Br)cccc1CN1CC(C(=O)O)CCC1C. The molecule has 1 aromatic carbocycles. The van der Waals surface area contributed by atoms with E-state index in [1.54, 1.807) is 7.11 Å². The summed E-state index contributed by atoms with van der Waals surface area (Å²) in [5, 5.41) is 9.19. The highest BCUT2D eigenvalue weighted by atomic mass is 79.9. The standard InChI is InChI=1S/C15H20BrNO3/c1-10-6-7-12(15(18)19)9-17(10)8-11-4-3-5-13(16)14(11)20-2/h3-5,10,12H,6-9H2,1-2H3,(H,18,19). The fraction of sp³-hybridized carbons (Fsp3) is 0.533. The fourth-order valence-electron chi connectivity index (χ4n) is 2.73. The molecule has 4 nitrogen and oxygen atoms in total. The Balaban J connectivity index is 2.15. The van der Waals surface area contributed by atoms with Crippen molar-refractivity contribution >= 4 is 21.9 Å².